The molecule has 1 aliphatic rings. The van der Waals surface area contributed by atoms with Gasteiger partial charge in [-0.15, -0.1) is 0 Å². The van der Waals surface area contributed by atoms with E-state index in [1.165, 1.54) is 32.5 Å². The first-order valence-electron chi connectivity index (χ1n) is 7.24. The molecule has 3 nitrogen and oxygen atoms in total. The van der Waals surface area contributed by atoms with E-state index in [0.29, 0.717) is 18.1 Å². The molecular weight excluding hydrogens is 210 g/mol. The number of nitrogens with zero attached hydrogens (tertiary/aromatic N) is 2. The number of rotatable bonds is 5. The van der Waals surface area contributed by atoms with Crippen molar-refractivity contribution in [3.8, 4) is 0 Å². The maximum absolute atomic E-state index is 3.63. The summed E-state index contributed by atoms with van der Waals surface area (Å²) in [7, 11) is 2.24. The summed E-state index contributed by atoms with van der Waals surface area (Å²) < 4.78 is 0. The highest BCUT2D eigenvalue weighted by Gasteiger charge is 2.26. The molecule has 1 heterocycles. The van der Waals surface area contributed by atoms with Crippen molar-refractivity contribution in [2.75, 3.05) is 33.2 Å². The van der Waals surface area contributed by atoms with Crippen molar-refractivity contribution in [1.82, 2.24) is 15.1 Å². The molecular formula is C14H31N3. The van der Waals surface area contributed by atoms with Crippen molar-refractivity contribution in [3.63, 3.8) is 0 Å². The van der Waals surface area contributed by atoms with Crippen LogP contribution in [0.4, 0.5) is 0 Å². The van der Waals surface area contributed by atoms with Gasteiger partial charge in [-0.1, -0.05) is 6.92 Å². The predicted molar refractivity (Wildman–Crippen MR) is 75.5 cm³/mol. The minimum atomic E-state index is 0.584. The Labute approximate surface area is 108 Å². The second-order valence-corrected chi connectivity index (χ2v) is 5.69. The molecule has 0 aromatic rings. The average molecular weight is 241 g/mol. The van der Waals surface area contributed by atoms with Gasteiger partial charge in [-0.25, -0.2) is 0 Å². The van der Waals surface area contributed by atoms with E-state index in [-0.39, 0.29) is 0 Å². The SMILES string of the molecule is CCCNC(C)C(C)N1CCCN(C)CC1C. The van der Waals surface area contributed by atoms with Gasteiger partial charge in [0.2, 0.25) is 0 Å². The van der Waals surface area contributed by atoms with Crippen molar-refractivity contribution >= 4 is 0 Å². The summed E-state index contributed by atoms with van der Waals surface area (Å²) in [5, 5.41) is 3.63. The van der Waals surface area contributed by atoms with E-state index in [4.69, 9.17) is 0 Å². The van der Waals surface area contributed by atoms with Crippen molar-refractivity contribution < 1.29 is 0 Å². The first-order valence-corrected chi connectivity index (χ1v) is 7.24. The molecule has 0 bridgehead atoms. The van der Waals surface area contributed by atoms with Crippen LogP contribution in [0, 0.1) is 0 Å². The molecule has 3 heteroatoms. The van der Waals surface area contributed by atoms with Crippen molar-refractivity contribution in [2.24, 2.45) is 0 Å². The van der Waals surface area contributed by atoms with Gasteiger partial charge in [-0.2, -0.15) is 0 Å². The lowest BCUT2D eigenvalue weighted by molar-refractivity contribution is 0.128. The Morgan fingerprint density at radius 2 is 2.00 bits per heavy atom. The first-order chi connectivity index (χ1) is 8.06. The maximum Gasteiger partial charge on any atom is 0.0221 e. The minimum absolute atomic E-state index is 0.584. The maximum atomic E-state index is 3.63. The summed E-state index contributed by atoms with van der Waals surface area (Å²) in [5.74, 6) is 0. The van der Waals surface area contributed by atoms with Crippen molar-refractivity contribution in [2.45, 2.75) is 58.7 Å². The number of likely N-dealkylation sites (N-methyl/N-ethyl adjacent to an activating group) is 1. The van der Waals surface area contributed by atoms with E-state index in [0.717, 1.165) is 6.54 Å². The van der Waals surface area contributed by atoms with Gasteiger partial charge in [0.15, 0.2) is 0 Å². The van der Waals surface area contributed by atoms with Crippen LogP contribution in [0.1, 0.15) is 40.5 Å². The Balaban J connectivity index is 2.50. The molecule has 0 amide bonds. The molecule has 0 saturated carbocycles. The molecule has 17 heavy (non-hydrogen) atoms. The van der Waals surface area contributed by atoms with Gasteiger partial charge in [0.05, 0.1) is 0 Å². The topological polar surface area (TPSA) is 18.5 Å². The monoisotopic (exact) mass is 241 g/mol. The van der Waals surface area contributed by atoms with Gasteiger partial charge in [0.1, 0.15) is 0 Å². The van der Waals surface area contributed by atoms with Gasteiger partial charge >= 0.3 is 0 Å². The molecule has 1 fully saturated rings. The highest BCUT2D eigenvalue weighted by atomic mass is 15.3. The van der Waals surface area contributed by atoms with E-state index in [1.54, 1.807) is 0 Å². The Kier molecular flexibility index (Phi) is 6.45. The standard InChI is InChI=1S/C14H31N3/c1-6-8-15-13(3)14(4)17-10-7-9-16(5)11-12(17)2/h12-15H,6-11H2,1-5H3. The lowest BCUT2D eigenvalue weighted by atomic mass is 10.1. The normalized spacial score (nSPS) is 27.7. The van der Waals surface area contributed by atoms with Crippen molar-refractivity contribution in [3.05, 3.63) is 0 Å². The summed E-state index contributed by atoms with van der Waals surface area (Å²) in [4.78, 5) is 5.14. The lowest BCUT2D eigenvalue weighted by Gasteiger charge is -2.37. The third kappa shape index (κ3) is 4.57. The molecule has 0 aromatic heterocycles. The molecule has 0 aromatic carbocycles. The quantitative estimate of drug-likeness (QED) is 0.792. The summed E-state index contributed by atoms with van der Waals surface area (Å²) >= 11 is 0. The fourth-order valence-electron chi connectivity index (χ4n) is 2.83. The van der Waals surface area contributed by atoms with Crippen LogP contribution in [0.15, 0.2) is 0 Å². The zero-order valence-electron chi connectivity index (χ0n) is 12.4. The third-order valence-electron chi connectivity index (χ3n) is 4.06. The molecule has 1 aliphatic heterocycles. The Hall–Kier alpha value is -0.120. The van der Waals surface area contributed by atoms with Gasteiger partial charge < -0.3 is 10.2 Å². The number of nitrogens with one attached hydrogen (secondary N) is 1. The zero-order valence-corrected chi connectivity index (χ0v) is 12.4. The zero-order chi connectivity index (χ0) is 12.8. The van der Waals surface area contributed by atoms with Gasteiger partial charge in [0.25, 0.3) is 0 Å². The molecule has 3 unspecified atom stereocenters. The third-order valence-corrected chi connectivity index (χ3v) is 4.06. The predicted octanol–water partition coefficient (Wildman–Crippen LogP) is 1.79. The molecule has 1 saturated heterocycles. The van der Waals surface area contributed by atoms with Crippen LogP contribution in [0.5, 0.6) is 0 Å². The molecule has 3 atom stereocenters. The summed E-state index contributed by atoms with van der Waals surface area (Å²) in [6, 6.07) is 1.88. The molecule has 1 N–H and O–H groups in total. The second kappa shape index (κ2) is 7.34. The van der Waals surface area contributed by atoms with Gasteiger partial charge in [-0.3, -0.25) is 4.90 Å². The number of hydrogen-bond acceptors (Lipinski definition) is 3. The molecule has 0 spiro atoms. The van der Waals surface area contributed by atoms with E-state index in [9.17, 15) is 0 Å². The highest BCUT2D eigenvalue weighted by Crippen LogP contribution is 2.14. The van der Waals surface area contributed by atoms with Crippen LogP contribution in [0.3, 0.4) is 0 Å². The van der Waals surface area contributed by atoms with Crippen LogP contribution in [-0.2, 0) is 0 Å². The Morgan fingerprint density at radius 1 is 1.29 bits per heavy atom. The van der Waals surface area contributed by atoms with Crippen LogP contribution in [0.2, 0.25) is 0 Å². The largest absolute Gasteiger partial charge is 0.313 e. The second-order valence-electron chi connectivity index (χ2n) is 5.69. The van der Waals surface area contributed by atoms with Crippen LogP contribution in [-0.4, -0.2) is 61.2 Å². The Morgan fingerprint density at radius 3 is 2.65 bits per heavy atom. The van der Waals surface area contributed by atoms with E-state index >= 15 is 0 Å². The minimum Gasteiger partial charge on any atom is -0.313 e. The van der Waals surface area contributed by atoms with Crippen molar-refractivity contribution in [1.29, 1.82) is 0 Å². The fourth-order valence-corrected chi connectivity index (χ4v) is 2.83. The van der Waals surface area contributed by atoms with Crippen LogP contribution >= 0.6 is 0 Å². The van der Waals surface area contributed by atoms with E-state index in [1.807, 2.05) is 0 Å². The van der Waals surface area contributed by atoms with Crippen LogP contribution < -0.4 is 5.32 Å². The van der Waals surface area contributed by atoms with E-state index in [2.05, 4.69) is 49.9 Å². The summed E-state index contributed by atoms with van der Waals surface area (Å²) in [5.41, 5.74) is 0. The van der Waals surface area contributed by atoms with E-state index < -0.39 is 0 Å². The summed E-state index contributed by atoms with van der Waals surface area (Å²) in [6.07, 6.45) is 2.51. The summed E-state index contributed by atoms with van der Waals surface area (Å²) in [6.45, 7) is 14.1. The Bertz CT molecular complexity index is 208. The fraction of sp³-hybridized carbons (Fsp3) is 1.00. The molecule has 0 aliphatic carbocycles. The lowest BCUT2D eigenvalue weighted by Crippen LogP contribution is -2.51. The average Bonchev–Trinajstić information content (AvgIpc) is 2.46. The smallest absolute Gasteiger partial charge is 0.0221 e. The molecule has 102 valence electrons. The molecule has 0 radical (unpaired) electrons. The van der Waals surface area contributed by atoms with Gasteiger partial charge in [-0.05, 0) is 53.8 Å². The molecule has 1 rings (SSSR count). The highest BCUT2D eigenvalue weighted by molar-refractivity contribution is 4.84. The number of hydrogen-bond donors (Lipinski definition) is 1. The van der Waals surface area contributed by atoms with Gasteiger partial charge in [0, 0.05) is 31.2 Å². The first kappa shape index (κ1) is 14.9. The van der Waals surface area contributed by atoms with Crippen LogP contribution in [0.25, 0.3) is 0 Å².